The Balaban J connectivity index is 2.07. The molecular weight excluding hydrogens is 281 g/mol. The standard InChI is InChI=1S/C15H13F3N2O/c1-10(13-4-2-3-9-19-13)20-14(21)11-5-7-12(8-6-11)15(16,17)18/h2-10H,1H3,(H,20,21)/t10-/m0/s1. The first-order chi connectivity index (χ1) is 9.88. The summed E-state index contributed by atoms with van der Waals surface area (Å²) in [7, 11) is 0. The van der Waals surface area contributed by atoms with Gasteiger partial charge in [-0.3, -0.25) is 9.78 Å². The molecule has 0 aliphatic heterocycles. The molecule has 0 fully saturated rings. The van der Waals surface area contributed by atoms with Crippen molar-refractivity contribution in [1.82, 2.24) is 10.3 Å². The average Bonchev–Trinajstić information content (AvgIpc) is 2.47. The van der Waals surface area contributed by atoms with E-state index in [4.69, 9.17) is 0 Å². The first-order valence-electron chi connectivity index (χ1n) is 6.27. The number of rotatable bonds is 3. The summed E-state index contributed by atoms with van der Waals surface area (Å²) in [6, 6.07) is 9.07. The number of benzene rings is 1. The molecule has 1 heterocycles. The van der Waals surface area contributed by atoms with Crippen molar-refractivity contribution in [2.24, 2.45) is 0 Å². The van der Waals surface area contributed by atoms with Crippen LogP contribution < -0.4 is 5.32 Å². The highest BCUT2D eigenvalue weighted by Crippen LogP contribution is 2.29. The summed E-state index contributed by atoms with van der Waals surface area (Å²) in [6.45, 7) is 1.75. The van der Waals surface area contributed by atoms with E-state index >= 15 is 0 Å². The second-order valence-corrected chi connectivity index (χ2v) is 4.52. The van der Waals surface area contributed by atoms with Crippen molar-refractivity contribution in [3.05, 3.63) is 65.5 Å². The Morgan fingerprint density at radius 3 is 2.33 bits per heavy atom. The van der Waals surface area contributed by atoms with E-state index in [1.165, 1.54) is 0 Å². The molecule has 1 N–H and O–H groups in total. The normalized spacial score (nSPS) is 12.8. The van der Waals surface area contributed by atoms with E-state index in [9.17, 15) is 18.0 Å². The highest BCUT2D eigenvalue weighted by atomic mass is 19.4. The van der Waals surface area contributed by atoms with Gasteiger partial charge in [-0.1, -0.05) is 6.07 Å². The van der Waals surface area contributed by atoms with Crippen LogP contribution in [0.3, 0.4) is 0 Å². The van der Waals surface area contributed by atoms with Gasteiger partial charge in [0, 0.05) is 11.8 Å². The number of carbonyl (C=O) groups excluding carboxylic acids is 1. The molecule has 1 amide bonds. The molecule has 0 saturated heterocycles. The summed E-state index contributed by atoms with van der Waals surface area (Å²) in [4.78, 5) is 16.1. The fraction of sp³-hybridized carbons (Fsp3) is 0.200. The number of carbonyl (C=O) groups is 1. The van der Waals surface area contributed by atoms with Gasteiger partial charge in [-0.25, -0.2) is 0 Å². The molecule has 1 aromatic heterocycles. The topological polar surface area (TPSA) is 42.0 Å². The zero-order valence-corrected chi connectivity index (χ0v) is 11.2. The molecule has 1 aromatic carbocycles. The summed E-state index contributed by atoms with van der Waals surface area (Å²) in [5, 5.41) is 2.69. The van der Waals surface area contributed by atoms with Gasteiger partial charge in [0.05, 0.1) is 17.3 Å². The molecule has 0 spiro atoms. The van der Waals surface area contributed by atoms with Gasteiger partial charge in [0.25, 0.3) is 5.91 Å². The van der Waals surface area contributed by atoms with Crippen LogP contribution in [0.15, 0.2) is 48.7 Å². The van der Waals surface area contributed by atoms with E-state index in [0.717, 1.165) is 24.3 Å². The number of hydrogen-bond acceptors (Lipinski definition) is 2. The molecule has 110 valence electrons. The van der Waals surface area contributed by atoms with Crippen LogP contribution in [0.4, 0.5) is 13.2 Å². The van der Waals surface area contributed by atoms with E-state index in [0.29, 0.717) is 5.69 Å². The predicted octanol–water partition coefficient (Wildman–Crippen LogP) is 3.59. The molecule has 0 saturated carbocycles. The molecule has 3 nitrogen and oxygen atoms in total. The van der Waals surface area contributed by atoms with Crippen LogP contribution in [0, 0.1) is 0 Å². The lowest BCUT2D eigenvalue weighted by atomic mass is 10.1. The second-order valence-electron chi connectivity index (χ2n) is 4.52. The van der Waals surface area contributed by atoms with Gasteiger partial charge >= 0.3 is 6.18 Å². The Hall–Kier alpha value is -2.37. The minimum Gasteiger partial charge on any atom is -0.344 e. The maximum absolute atomic E-state index is 12.4. The Morgan fingerprint density at radius 2 is 1.81 bits per heavy atom. The number of nitrogens with one attached hydrogen (secondary N) is 1. The molecule has 0 aliphatic carbocycles. The Bertz CT molecular complexity index is 609. The molecule has 0 aliphatic rings. The molecular formula is C15H13F3N2O. The van der Waals surface area contributed by atoms with E-state index in [1.54, 1.807) is 31.3 Å². The van der Waals surface area contributed by atoms with Crippen molar-refractivity contribution in [3.63, 3.8) is 0 Å². The second kappa shape index (κ2) is 5.95. The molecule has 2 aromatic rings. The van der Waals surface area contributed by atoms with Gasteiger partial charge in [-0.2, -0.15) is 13.2 Å². The number of alkyl halides is 3. The van der Waals surface area contributed by atoms with Crippen molar-refractivity contribution in [2.45, 2.75) is 19.1 Å². The van der Waals surface area contributed by atoms with Crippen molar-refractivity contribution < 1.29 is 18.0 Å². The van der Waals surface area contributed by atoms with Gasteiger partial charge < -0.3 is 5.32 Å². The molecule has 2 rings (SSSR count). The number of hydrogen-bond donors (Lipinski definition) is 1. The molecule has 0 bridgehead atoms. The smallest absolute Gasteiger partial charge is 0.344 e. The molecule has 6 heteroatoms. The van der Waals surface area contributed by atoms with Crippen LogP contribution in [0.2, 0.25) is 0 Å². The van der Waals surface area contributed by atoms with Gasteiger partial charge in [0.1, 0.15) is 0 Å². The maximum Gasteiger partial charge on any atom is 0.416 e. The van der Waals surface area contributed by atoms with Crippen molar-refractivity contribution in [1.29, 1.82) is 0 Å². The van der Waals surface area contributed by atoms with Crippen LogP contribution in [0.5, 0.6) is 0 Å². The van der Waals surface area contributed by atoms with Crippen LogP contribution in [-0.2, 0) is 6.18 Å². The van der Waals surface area contributed by atoms with E-state index < -0.39 is 17.6 Å². The summed E-state index contributed by atoms with van der Waals surface area (Å²) in [6.07, 6.45) is -2.80. The van der Waals surface area contributed by atoms with E-state index in [1.807, 2.05) is 0 Å². The fourth-order valence-electron chi connectivity index (χ4n) is 1.80. The minimum absolute atomic E-state index is 0.172. The lowest BCUT2D eigenvalue weighted by molar-refractivity contribution is -0.137. The largest absolute Gasteiger partial charge is 0.416 e. The lowest BCUT2D eigenvalue weighted by Crippen LogP contribution is -2.27. The summed E-state index contributed by atoms with van der Waals surface area (Å²) < 4.78 is 37.3. The number of pyridine rings is 1. The van der Waals surface area contributed by atoms with Crippen molar-refractivity contribution in [2.75, 3.05) is 0 Å². The Morgan fingerprint density at radius 1 is 1.14 bits per heavy atom. The van der Waals surface area contributed by atoms with Crippen LogP contribution in [0.25, 0.3) is 0 Å². The Labute approximate surface area is 119 Å². The number of aromatic nitrogens is 1. The van der Waals surface area contributed by atoms with Gasteiger partial charge in [-0.05, 0) is 43.3 Å². The third kappa shape index (κ3) is 3.81. The number of amides is 1. The predicted molar refractivity (Wildman–Crippen MR) is 71.6 cm³/mol. The van der Waals surface area contributed by atoms with Crippen molar-refractivity contribution in [3.8, 4) is 0 Å². The van der Waals surface area contributed by atoms with Gasteiger partial charge in [0.15, 0.2) is 0 Å². The molecule has 21 heavy (non-hydrogen) atoms. The summed E-state index contributed by atoms with van der Waals surface area (Å²) >= 11 is 0. The lowest BCUT2D eigenvalue weighted by Gasteiger charge is -2.13. The average molecular weight is 294 g/mol. The van der Waals surface area contributed by atoms with Gasteiger partial charge in [-0.15, -0.1) is 0 Å². The zero-order valence-electron chi connectivity index (χ0n) is 11.2. The summed E-state index contributed by atoms with van der Waals surface area (Å²) in [5.74, 6) is -0.443. The highest BCUT2D eigenvalue weighted by Gasteiger charge is 2.30. The third-order valence-electron chi connectivity index (χ3n) is 2.95. The first-order valence-corrected chi connectivity index (χ1v) is 6.27. The van der Waals surface area contributed by atoms with Crippen LogP contribution in [-0.4, -0.2) is 10.9 Å². The van der Waals surface area contributed by atoms with Crippen molar-refractivity contribution >= 4 is 5.91 Å². The molecule has 0 radical (unpaired) electrons. The maximum atomic E-state index is 12.4. The third-order valence-corrected chi connectivity index (χ3v) is 2.95. The van der Waals surface area contributed by atoms with Gasteiger partial charge in [0.2, 0.25) is 0 Å². The fourth-order valence-corrected chi connectivity index (χ4v) is 1.80. The zero-order chi connectivity index (χ0) is 15.5. The van der Waals surface area contributed by atoms with Crippen LogP contribution >= 0.6 is 0 Å². The summed E-state index contributed by atoms with van der Waals surface area (Å²) in [5.41, 5.74) is 0.0698. The highest BCUT2D eigenvalue weighted by molar-refractivity contribution is 5.94. The number of halogens is 3. The SMILES string of the molecule is C[C@H](NC(=O)c1ccc(C(F)(F)F)cc1)c1ccccn1. The molecule has 1 atom stereocenters. The Kier molecular flexibility index (Phi) is 4.26. The number of nitrogens with zero attached hydrogens (tertiary/aromatic N) is 1. The molecule has 0 unspecified atom stereocenters. The van der Waals surface area contributed by atoms with E-state index in [2.05, 4.69) is 10.3 Å². The van der Waals surface area contributed by atoms with Crippen LogP contribution in [0.1, 0.15) is 34.6 Å². The first kappa shape index (κ1) is 15.0. The monoisotopic (exact) mass is 294 g/mol. The quantitative estimate of drug-likeness (QED) is 0.940. The minimum atomic E-state index is -4.41. The van der Waals surface area contributed by atoms with E-state index in [-0.39, 0.29) is 11.6 Å².